The van der Waals surface area contributed by atoms with Crippen LogP contribution in [0.5, 0.6) is 0 Å². The fourth-order valence-corrected chi connectivity index (χ4v) is 4.99. The standard InChI is InChI=1S/C28H32F7N3O5/c1-26(2,18-12-19(27(30,31)32)14-20(13-18)28(33,34)35)24(41)36(3)23-16-38(43-25(42)37(8-10-39)9-11-40)15-22(23)17-4-6-21(29)7-5-17/h4-7,12-14,22-23,39-40H,8-11,15-16H2,1-3H3/t22-,23+/m0/s1. The van der Waals surface area contributed by atoms with Gasteiger partial charge in [-0.1, -0.05) is 12.1 Å². The van der Waals surface area contributed by atoms with Crippen LogP contribution in [-0.4, -0.2) is 89.6 Å². The average molecular weight is 624 g/mol. The molecular formula is C28H32F7N3O5. The predicted molar refractivity (Wildman–Crippen MR) is 139 cm³/mol. The molecule has 15 heteroatoms. The molecule has 1 aliphatic heterocycles. The van der Waals surface area contributed by atoms with E-state index in [0.29, 0.717) is 17.7 Å². The molecule has 1 saturated heterocycles. The summed E-state index contributed by atoms with van der Waals surface area (Å²) in [4.78, 5) is 34.1. The highest BCUT2D eigenvalue weighted by atomic mass is 19.4. The topological polar surface area (TPSA) is 93.6 Å². The van der Waals surface area contributed by atoms with Crippen LogP contribution in [0.25, 0.3) is 0 Å². The molecule has 238 valence electrons. The molecule has 2 atom stereocenters. The summed E-state index contributed by atoms with van der Waals surface area (Å²) in [6.45, 7) is 1.21. The first-order chi connectivity index (χ1) is 19.9. The molecule has 43 heavy (non-hydrogen) atoms. The Morgan fingerprint density at radius 1 is 0.884 bits per heavy atom. The Morgan fingerprint density at radius 2 is 1.37 bits per heavy atom. The molecule has 8 nitrogen and oxygen atoms in total. The molecule has 2 aromatic carbocycles. The molecule has 0 aromatic heterocycles. The Bertz CT molecular complexity index is 1250. The van der Waals surface area contributed by atoms with E-state index in [-0.39, 0.29) is 32.2 Å². The Labute approximate surface area is 243 Å². The van der Waals surface area contributed by atoms with E-state index in [1.807, 2.05) is 0 Å². The lowest BCUT2D eigenvalue weighted by atomic mass is 9.80. The number of carbonyl (C=O) groups excluding carboxylic acids is 2. The van der Waals surface area contributed by atoms with Crippen LogP contribution in [0.2, 0.25) is 0 Å². The van der Waals surface area contributed by atoms with E-state index in [1.54, 1.807) is 0 Å². The number of likely N-dealkylation sites (N-methyl/N-ethyl adjacent to an activating group) is 1. The van der Waals surface area contributed by atoms with Crippen LogP contribution in [0, 0.1) is 5.82 Å². The smallest absolute Gasteiger partial charge is 0.395 e. The minimum absolute atomic E-state index is 0.00599. The van der Waals surface area contributed by atoms with Crippen LogP contribution >= 0.6 is 0 Å². The molecule has 0 saturated carbocycles. The number of halogens is 7. The third-order valence-electron chi connectivity index (χ3n) is 7.42. The van der Waals surface area contributed by atoms with Crippen molar-refractivity contribution < 1.29 is 55.4 Å². The molecule has 0 radical (unpaired) electrons. The van der Waals surface area contributed by atoms with E-state index < -0.39 is 77.4 Å². The number of hydrogen-bond donors (Lipinski definition) is 2. The van der Waals surface area contributed by atoms with Crippen molar-refractivity contribution in [1.29, 1.82) is 0 Å². The molecule has 0 spiro atoms. The lowest BCUT2D eigenvalue weighted by molar-refractivity contribution is -0.144. The highest BCUT2D eigenvalue weighted by Crippen LogP contribution is 2.40. The van der Waals surface area contributed by atoms with Gasteiger partial charge >= 0.3 is 18.4 Å². The Morgan fingerprint density at radius 3 is 1.84 bits per heavy atom. The number of hydroxylamine groups is 2. The number of rotatable bonds is 9. The minimum Gasteiger partial charge on any atom is -0.395 e. The summed E-state index contributed by atoms with van der Waals surface area (Å²) in [5.74, 6) is -1.97. The quantitative estimate of drug-likeness (QED) is 0.403. The number of hydrogen-bond acceptors (Lipinski definition) is 6. The van der Waals surface area contributed by atoms with Gasteiger partial charge in [-0.05, 0) is 55.3 Å². The number of benzene rings is 2. The molecule has 0 aliphatic carbocycles. The van der Waals surface area contributed by atoms with Gasteiger partial charge in [0.1, 0.15) is 5.82 Å². The molecule has 2 N–H and O–H groups in total. The van der Waals surface area contributed by atoms with Gasteiger partial charge in [0.25, 0.3) is 0 Å². The number of nitrogens with zero attached hydrogens (tertiary/aromatic N) is 3. The normalized spacial score (nSPS) is 18.0. The second-order valence-electron chi connectivity index (χ2n) is 10.7. The van der Waals surface area contributed by atoms with Crippen molar-refractivity contribution in [2.45, 2.75) is 43.6 Å². The molecule has 1 heterocycles. The van der Waals surface area contributed by atoms with E-state index in [4.69, 9.17) is 4.84 Å². The maximum absolute atomic E-state index is 13.8. The van der Waals surface area contributed by atoms with Crippen LogP contribution in [-0.2, 0) is 27.4 Å². The first kappa shape index (κ1) is 34.1. The van der Waals surface area contributed by atoms with Crippen molar-refractivity contribution in [2.24, 2.45) is 0 Å². The van der Waals surface area contributed by atoms with Crippen molar-refractivity contribution >= 4 is 12.0 Å². The van der Waals surface area contributed by atoms with Crippen molar-refractivity contribution in [1.82, 2.24) is 14.9 Å². The lowest BCUT2D eigenvalue weighted by Gasteiger charge is -2.36. The molecule has 0 unspecified atom stereocenters. The molecular weight excluding hydrogens is 591 g/mol. The lowest BCUT2D eigenvalue weighted by Crippen LogP contribution is -2.49. The van der Waals surface area contributed by atoms with E-state index in [0.717, 1.165) is 4.90 Å². The van der Waals surface area contributed by atoms with Gasteiger partial charge in [0.2, 0.25) is 5.91 Å². The zero-order valence-corrected chi connectivity index (χ0v) is 23.5. The molecule has 2 aromatic rings. The van der Waals surface area contributed by atoms with Gasteiger partial charge < -0.3 is 24.9 Å². The molecule has 3 rings (SSSR count). The summed E-state index contributed by atoms with van der Waals surface area (Å²) < 4.78 is 94.8. The molecule has 1 aliphatic rings. The van der Waals surface area contributed by atoms with E-state index >= 15 is 0 Å². The van der Waals surface area contributed by atoms with E-state index in [2.05, 4.69) is 0 Å². The van der Waals surface area contributed by atoms with Gasteiger partial charge in [-0.2, -0.15) is 26.3 Å². The van der Waals surface area contributed by atoms with E-state index in [9.17, 15) is 50.5 Å². The second-order valence-corrected chi connectivity index (χ2v) is 10.7. The molecule has 1 fully saturated rings. The fourth-order valence-electron chi connectivity index (χ4n) is 4.99. The minimum atomic E-state index is -5.11. The van der Waals surface area contributed by atoms with Crippen LogP contribution in [0.1, 0.15) is 42.0 Å². The highest BCUT2D eigenvalue weighted by Gasteiger charge is 2.45. The first-order valence-corrected chi connectivity index (χ1v) is 13.2. The van der Waals surface area contributed by atoms with Crippen molar-refractivity contribution in [3.8, 4) is 0 Å². The predicted octanol–water partition coefficient (Wildman–Crippen LogP) is 4.41. The van der Waals surface area contributed by atoms with Gasteiger partial charge in [-0.15, -0.1) is 5.06 Å². The SMILES string of the molecule is CN(C(=O)C(C)(C)c1cc(C(F)(F)F)cc(C(F)(F)F)c1)[C@@H]1CN(OC(=O)N(CCO)CCO)C[C@H]1c1ccc(F)cc1. The maximum Gasteiger partial charge on any atom is 0.429 e. The fraction of sp³-hybridized carbons (Fsp3) is 0.500. The van der Waals surface area contributed by atoms with Crippen LogP contribution in [0.15, 0.2) is 42.5 Å². The Hall–Kier alpha value is -3.43. The summed E-state index contributed by atoms with van der Waals surface area (Å²) in [5.41, 5.74) is -4.95. The Kier molecular flexibility index (Phi) is 10.3. The molecule has 0 bridgehead atoms. The summed E-state index contributed by atoms with van der Waals surface area (Å²) in [5, 5.41) is 19.6. The van der Waals surface area contributed by atoms with Gasteiger partial charge in [0, 0.05) is 32.6 Å². The number of amides is 2. The van der Waals surface area contributed by atoms with E-state index in [1.165, 1.54) is 55.1 Å². The van der Waals surface area contributed by atoms with Gasteiger partial charge in [-0.3, -0.25) is 4.79 Å². The second kappa shape index (κ2) is 13.1. The number of aliphatic hydroxyl groups excluding tert-OH is 2. The number of alkyl halides is 6. The largest absolute Gasteiger partial charge is 0.429 e. The van der Waals surface area contributed by atoms with Crippen molar-refractivity contribution in [3.63, 3.8) is 0 Å². The van der Waals surface area contributed by atoms with Crippen molar-refractivity contribution in [2.75, 3.05) is 46.4 Å². The zero-order chi connectivity index (χ0) is 32.3. The van der Waals surface area contributed by atoms with Crippen LogP contribution in [0.3, 0.4) is 0 Å². The number of aliphatic hydroxyl groups is 2. The third-order valence-corrected chi connectivity index (χ3v) is 7.42. The average Bonchev–Trinajstić information content (AvgIpc) is 3.34. The summed E-state index contributed by atoms with van der Waals surface area (Å²) >= 11 is 0. The van der Waals surface area contributed by atoms with Gasteiger partial charge in [0.05, 0.1) is 42.3 Å². The zero-order valence-electron chi connectivity index (χ0n) is 23.5. The van der Waals surface area contributed by atoms with Crippen LogP contribution in [0.4, 0.5) is 35.5 Å². The summed E-state index contributed by atoms with van der Waals surface area (Å²) in [6, 6.07) is 5.45. The van der Waals surface area contributed by atoms with Gasteiger partial charge in [-0.25, -0.2) is 9.18 Å². The monoisotopic (exact) mass is 623 g/mol. The number of carbonyl (C=O) groups is 2. The third kappa shape index (κ3) is 7.95. The summed E-state index contributed by atoms with van der Waals surface area (Å²) in [7, 11) is 1.33. The maximum atomic E-state index is 13.8. The summed E-state index contributed by atoms with van der Waals surface area (Å²) in [6.07, 6.45) is -11.1. The van der Waals surface area contributed by atoms with Gasteiger partial charge in [0.15, 0.2) is 0 Å². The first-order valence-electron chi connectivity index (χ1n) is 13.2. The van der Waals surface area contributed by atoms with Crippen LogP contribution < -0.4 is 0 Å². The highest BCUT2D eigenvalue weighted by molar-refractivity contribution is 5.87. The molecule has 2 amide bonds. The van der Waals surface area contributed by atoms with Crippen molar-refractivity contribution in [3.05, 3.63) is 70.5 Å². The Balaban J connectivity index is 1.97.